The summed E-state index contributed by atoms with van der Waals surface area (Å²) in [6.07, 6.45) is 2.83. The van der Waals surface area contributed by atoms with E-state index in [2.05, 4.69) is 18.8 Å². The predicted octanol–water partition coefficient (Wildman–Crippen LogP) is 3.17. The number of hydrogen-bond donors (Lipinski definition) is 0. The minimum atomic E-state index is -0.169. The number of ether oxygens (including phenoxy) is 2. The number of hydrogen-bond acceptors (Lipinski definition) is 3. The Morgan fingerprint density at radius 1 is 1.26 bits per heavy atom. The van der Waals surface area contributed by atoms with E-state index in [9.17, 15) is 4.79 Å². The van der Waals surface area contributed by atoms with E-state index in [1.165, 1.54) is 0 Å². The molecule has 1 rings (SSSR count). The molecule has 0 aliphatic rings. The lowest BCUT2D eigenvalue weighted by Crippen LogP contribution is -2.04. The smallest absolute Gasteiger partial charge is 0.306 e. The van der Waals surface area contributed by atoms with Gasteiger partial charge in [0.05, 0.1) is 20.1 Å². The normalized spacial score (nSPS) is 9.37. The Kier molecular flexibility index (Phi) is 7.19. The van der Waals surface area contributed by atoms with Crippen molar-refractivity contribution in [3.05, 3.63) is 29.8 Å². The predicted molar refractivity (Wildman–Crippen MR) is 75.0 cm³/mol. The van der Waals surface area contributed by atoms with Crippen LogP contribution in [0.2, 0.25) is 0 Å². The molecule has 0 aliphatic heterocycles. The SMILES string of the molecule is CCCCOC(=O)CCC#Cc1ccc(OC)cc1. The molecule has 3 heteroatoms. The number of carbonyl (C=O) groups is 1. The molecule has 0 unspecified atom stereocenters. The van der Waals surface area contributed by atoms with E-state index in [0.29, 0.717) is 19.4 Å². The molecular formula is C16H20O3. The van der Waals surface area contributed by atoms with Crippen molar-refractivity contribution in [2.75, 3.05) is 13.7 Å². The van der Waals surface area contributed by atoms with Crippen LogP contribution in [0.15, 0.2) is 24.3 Å². The standard InChI is InChI=1S/C16H20O3/c1-3-4-13-19-16(17)8-6-5-7-14-9-11-15(18-2)12-10-14/h9-12H,3-4,6,8,13H2,1-2H3. The second kappa shape index (κ2) is 9.04. The van der Waals surface area contributed by atoms with Gasteiger partial charge in [0.1, 0.15) is 5.75 Å². The first kappa shape index (κ1) is 15.1. The van der Waals surface area contributed by atoms with Gasteiger partial charge in [-0.1, -0.05) is 25.2 Å². The molecule has 0 amide bonds. The zero-order valence-corrected chi connectivity index (χ0v) is 11.6. The van der Waals surface area contributed by atoms with Gasteiger partial charge in [-0.2, -0.15) is 0 Å². The van der Waals surface area contributed by atoms with Crippen LogP contribution in [0.4, 0.5) is 0 Å². The molecule has 0 saturated carbocycles. The number of rotatable bonds is 6. The van der Waals surface area contributed by atoms with Gasteiger partial charge in [-0.15, -0.1) is 0 Å². The molecule has 3 nitrogen and oxygen atoms in total. The van der Waals surface area contributed by atoms with Crippen LogP contribution < -0.4 is 4.74 Å². The quantitative estimate of drug-likeness (QED) is 0.448. The molecule has 0 heterocycles. The highest BCUT2D eigenvalue weighted by Gasteiger charge is 1.99. The Bertz CT molecular complexity index is 437. The number of esters is 1. The van der Waals surface area contributed by atoms with E-state index in [1.54, 1.807) is 7.11 Å². The lowest BCUT2D eigenvalue weighted by atomic mass is 10.2. The van der Waals surface area contributed by atoms with E-state index in [4.69, 9.17) is 9.47 Å². The van der Waals surface area contributed by atoms with Crippen molar-refractivity contribution in [3.8, 4) is 17.6 Å². The molecule has 1 aromatic rings. The minimum Gasteiger partial charge on any atom is -0.497 e. The van der Waals surface area contributed by atoms with Gasteiger partial charge in [0.15, 0.2) is 0 Å². The monoisotopic (exact) mass is 260 g/mol. The van der Waals surface area contributed by atoms with Gasteiger partial charge in [-0.25, -0.2) is 0 Å². The summed E-state index contributed by atoms with van der Waals surface area (Å²) >= 11 is 0. The van der Waals surface area contributed by atoms with Crippen molar-refractivity contribution in [2.24, 2.45) is 0 Å². The van der Waals surface area contributed by atoms with Crippen LogP contribution in [0.5, 0.6) is 5.75 Å². The van der Waals surface area contributed by atoms with E-state index >= 15 is 0 Å². The summed E-state index contributed by atoms with van der Waals surface area (Å²) < 4.78 is 10.1. The first-order chi connectivity index (χ1) is 9.26. The summed E-state index contributed by atoms with van der Waals surface area (Å²) in [6, 6.07) is 7.52. The van der Waals surface area contributed by atoms with Crippen LogP contribution in [0.25, 0.3) is 0 Å². The number of benzene rings is 1. The summed E-state index contributed by atoms with van der Waals surface area (Å²) in [6.45, 7) is 2.58. The third-order valence-electron chi connectivity index (χ3n) is 2.54. The summed E-state index contributed by atoms with van der Waals surface area (Å²) in [7, 11) is 1.63. The molecule has 102 valence electrons. The van der Waals surface area contributed by atoms with Crippen molar-refractivity contribution >= 4 is 5.97 Å². The lowest BCUT2D eigenvalue weighted by molar-refractivity contribution is -0.143. The zero-order chi connectivity index (χ0) is 13.9. The Morgan fingerprint density at radius 3 is 2.63 bits per heavy atom. The third-order valence-corrected chi connectivity index (χ3v) is 2.54. The average Bonchev–Trinajstić information content (AvgIpc) is 2.44. The van der Waals surface area contributed by atoms with Gasteiger partial charge < -0.3 is 9.47 Å². The molecule has 0 aliphatic carbocycles. The van der Waals surface area contributed by atoms with Crippen LogP contribution in [-0.2, 0) is 9.53 Å². The molecular weight excluding hydrogens is 240 g/mol. The Morgan fingerprint density at radius 2 is 2.00 bits per heavy atom. The Balaban J connectivity index is 2.28. The van der Waals surface area contributed by atoms with E-state index in [-0.39, 0.29) is 5.97 Å². The second-order valence-corrected chi connectivity index (χ2v) is 4.10. The van der Waals surface area contributed by atoms with Crippen molar-refractivity contribution in [1.29, 1.82) is 0 Å². The first-order valence-electron chi connectivity index (χ1n) is 6.54. The van der Waals surface area contributed by atoms with Gasteiger partial charge >= 0.3 is 5.97 Å². The van der Waals surface area contributed by atoms with Crippen molar-refractivity contribution in [1.82, 2.24) is 0 Å². The number of unbranched alkanes of at least 4 members (excludes halogenated alkanes) is 1. The van der Waals surface area contributed by atoms with E-state index in [1.807, 2.05) is 24.3 Å². The van der Waals surface area contributed by atoms with Gasteiger partial charge in [0, 0.05) is 12.0 Å². The molecule has 1 aromatic carbocycles. The number of methoxy groups -OCH3 is 1. The highest BCUT2D eigenvalue weighted by molar-refractivity contribution is 5.69. The van der Waals surface area contributed by atoms with Gasteiger partial charge in [-0.05, 0) is 30.7 Å². The van der Waals surface area contributed by atoms with Crippen LogP contribution in [-0.4, -0.2) is 19.7 Å². The van der Waals surface area contributed by atoms with Gasteiger partial charge in [0.25, 0.3) is 0 Å². The maximum atomic E-state index is 11.3. The van der Waals surface area contributed by atoms with Gasteiger partial charge in [-0.3, -0.25) is 4.79 Å². The Hall–Kier alpha value is -1.95. The fourth-order valence-electron chi connectivity index (χ4n) is 1.41. The molecule has 0 saturated heterocycles. The molecule has 0 fully saturated rings. The zero-order valence-electron chi connectivity index (χ0n) is 11.6. The van der Waals surface area contributed by atoms with Crippen LogP contribution in [0.1, 0.15) is 38.2 Å². The fraction of sp³-hybridized carbons (Fsp3) is 0.438. The molecule has 19 heavy (non-hydrogen) atoms. The van der Waals surface area contributed by atoms with Crippen LogP contribution in [0, 0.1) is 11.8 Å². The number of carbonyl (C=O) groups excluding carboxylic acids is 1. The van der Waals surface area contributed by atoms with Crippen LogP contribution in [0.3, 0.4) is 0 Å². The molecule has 0 atom stereocenters. The maximum absolute atomic E-state index is 11.3. The van der Waals surface area contributed by atoms with Crippen molar-refractivity contribution < 1.29 is 14.3 Å². The third kappa shape index (κ3) is 6.52. The minimum absolute atomic E-state index is 0.169. The Labute approximate surface area is 114 Å². The second-order valence-electron chi connectivity index (χ2n) is 4.10. The van der Waals surface area contributed by atoms with Crippen LogP contribution >= 0.6 is 0 Å². The molecule has 0 aromatic heterocycles. The summed E-state index contributed by atoms with van der Waals surface area (Å²) in [4.78, 5) is 11.3. The summed E-state index contributed by atoms with van der Waals surface area (Å²) in [5, 5.41) is 0. The lowest BCUT2D eigenvalue weighted by Gasteiger charge is -2.01. The van der Waals surface area contributed by atoms with Gasteiger partial charge in [0.2, 0.25) is 0 Å². The molecule has 0 spiro atoms. The fourth-order valence-corrected chi connectivity index (χ4v) is 1.41. The average molecular weight is 260 g/mol. The van der Waals surface area contributed by atoms with E-state index < -0.39 is 0 Å². The van der Waals surface area contributed by atoms with E-state index in [0.717, 1.165) is 24.2 Å². The van der Waals surface area contributed by atoms with Crippen molar-refractivity contribution in [2.45, 2.75) is 32.6 Å². The molecule has 0 radical (unpaired) electrons. The topological polar surface area (TPSA) is 35.5 Å². The summed E-state index contributed by atoms with van der Waals surface area (Å²) in [5.41, 5.74) is 0.917. The summed E-state index contributed by atoms with van der Waals surface area (Å²) in [5.74, 6) is 6.62. The first-order valence-corrected chi connectivity index (χ1v) is 6.54. The highest BCUT2D eigenvalue weighted by Crippen LogP contribution is 2.10. The largest absolute Gasteiger partial charge is 0.497 e. The van der Waals surface area contributed by atoms with Crippen molar-refractivity contribution in [3.63, 3.8) is 0 Å². The molecule has 0 bridgehead atoms. The molecule has 0 N–H and O–H groups in total. The highest BCUT2D eigenvalue weighted by atomic mass is 16.5. The maximum Gasteiger partial charge on any atom is 0.306 e.